The smallest absolute Gasteiger partial charge is 0.310 e. The molecule has 5 heteroatoms. The minimum absolute atomic E-state index is 0.0810. The van der Waals surface area contributed by atoms with E-state index in [1.165, 1.54) is 0 Å². The Hall–Kier alpha value is -1.36. The summed E-state index contributed by atoms with van der Waals surface area (Å²) in [6, 6.07) is 0. The first kappa shape index (κ1) is 16.0. The van der Waals surface area contributed by atoms with Gasteiger partial charge in [0, 0.05) is 19.3 Å². The molecule has 1 aliphatic carbocycles. The van der Waals surface area contributed by atoms with Crippen molar-refractivity contribution >= 4 is 11.9 Å². The second-order valence-corrected chi connectivity index (χ2v) is 5.87. The molecule has 0 radical (unpaired) electrons. The number of likely N-dealkylation sites (N-methyl/N-ethyl adjacent to an activating group) is 1. The second-order valence-electron chi connectivity index (χ2n) is 5.87. The zero-order valence-corrected chi connectivity index (χ0v) is 13.1. The summed E-state index contributed by atoms with van der Waals surface area (Å²) in [6.07, 6.45) is 7.17. The van der Waals surface area contributed by atoms with Crippen LogP contribution < -0.4 is 0 Å². The molecule has 1 aliphatic heterocycles. The summed E-state index contributed by atoms with van der Waals surface area (Å²) in [5.41, 5.74) is 1.14. The molecule has 0 unspecified atom stereocenters. The number of hydrogen-bond acceptors (Lipinski definition) is 4. The summed E-state index contributed by atoms with van der Waals surface area (Å²) >= 11 is 0. The van der Waals surface area contributed by atoms with Gasteiger partial charge in [0.25, 0.3) is 0 Å². The number of esters is 1. The lowest BCUT2D eigenvalue weighted by atomic mass is 9.98. The van der Waals surface area contributed by atoms with Gasteiger partial charge in [-0.3, -0.25) is 14.5 Å². The molecule has 2 aliphatic rings. The average Bonchev–Trinajstić information content (AvgIpc) is 3.01. The summed E-state index contributed by atoms with van der Waals surface area (Å²) < 4.78 is 5.09. The van der Waals surface area contributed by atoms with Crippen LogP contribution in [0.2, 0.25) is 0 Å². The molecular formula is C16H26N2O3. The Morgan fingerprint density at radius 1 is 1.43 bits per heavy atom. The van der Waals surface area contributed by atoms with Crippen molar-refractivity contribution in [3.8, 4) is 0 Å². The lowest BCUT2D eigenvalue weighted by Gasteiger charge is -2.32. The van der Waals surface area contributed by atoms with Gasteiger partial charge in [0.1, 0.15) is 0 Å². The van der Waals surface area contributed by atoms with E-state index in [0.29, 0.717) is 19.7 Å². The molecule has 1 amide bonds. The highest BCUT2D eigenvalue weighted by molar-refractivity contribution is 5.80. The highest BCUT2D eigenvalue weighted by Gasteiger charge is 2.28. The van der Waals surface area contributed by atoms with Crippen LogP contribution in [-0.2, 0) is 14.3 Å². The molecule has 21 heavy (non-hydrogen) atoms. The van der Waals surface area contributed by atoms with Crippen molar-refractivity contribution in [2.75, 3.05) is 33.3 Å². The molecule has 1 fully saturated rings. The number of rotatable bonds is 5. The van der Waals surface area contributed by atoms with Crippen LogP contribution in [0, 0.1) is 5.92 Å². The van der Waals surface area contributed by atoms with Crippen LogP contribution in [0.1, 0.15) is 39.0 Å². The van der Waals surface area contributed by atoms with Crippen molar-refractivity contribution in [3.63, 3.8) is 0 Å². The van der Waals surface area contributed by atoms with Crippen LogP contribution in [0.15, 0.2) is 11.8 Å². The molecule has 0 spiro atoms. The van der Waals surface area contributed by atoms with Gasteiger partial charge in [-0.05, 0) is 45.6 Å². The summed E-state index contributed by atoms with van der Waals surface area (Å²) in [4.78, 5) is 28.0. The maximum atomic E-state index is 12.3. The van der Waals surface area contributed by atoms with Crippen LogP contribution in [-0.4, -0.2) is 55.0 Å². The molecule has 0 aromatic carbocycles. The number of carbonyl (C=O) groups is 2. The SMILES string of the molecule is CCOC(=O)[C@@H]1CCCN(CC(=O)N(C)C2=CCCC2)C1. The van der Waals surface area contributed by atoms with E-state index < -0.39 is 0 Å². The van der Waals surface area contributed by atoms with Gasteiger partial charge in [-0.1, -0.05) is 6.08 Å². The third-order valence-corrected chi connectivity index (χ3v) is 4.31. The molecule has 1 saturated heterocycles. The number of likely N-dealkylation sites (tertiary alicyclic amines) is 1. The molecule has 5 nitrogen and oxygen atoms in total. The Morgan fingerprint density at radius 3 is 2.90 bits per heavy atom. The van der Waals surface area contributed by atoms with Crippen LogP contribution in [0.25, 0.3) is 0 Å². The fourth-order valence-corrected chi connectivity index (χ4v) is 3.07. The van der Waals surface area contributed by atoms with Crippen molar-refractivity contribution < 1.29 is 14.3 Å². The first-order valence-electron chi connectivity index (χ1n) is 7.96. The average molecular weight is 294 g/mol. The third-order valence-electron chi connectivity index (χ3n) is 4.31. The topological polar surface area (TPSA) is 49.9 Å². The number of hydrogen-bond donors (Lipinski definition) is 0. The Labute approximate surface area is 126 Å². The fraction of sp³-hybridized carbons (Fsp3) is 0.750. The van der Waals surface area contributed by atoms with Crippen molar-refractivity contribution in [3.05, 3.63) is 11.8 Å². The number of amides is 1. The zero-order chi connectivity index (χ0) is 15.2. The van der Waals surface area contributed by atoms with Gasteiger partial charge in [0.05, 0.1) is 19.1 Å². The van der Waals surface area contributed by atoms with Gasteiger partial charge < -0.3 is 9.64 Å². The van der Waals surface area contributed by atoms with E-state index in [1.807, 2.05) is 14.0 Å². The molecule has 0 N–H and O–H groups in total. The summed E-state index contributed by atoms with van der Waals surface area (Å²) in [7, 11) is 1.85. The van der Waals surface area contributed by atoms with Crippen LogP contribution >= 0.6 is 0 Å². The van der Waals surface area contributed by atoms with E-state index in [0.717, 1.165) is 44.3 Å². The van der Waals surface area contributed by atoms with E-state index in [4.69, 9.17) is 4.74 Å². The predicted octanol–water partition coefficient (Wildman–Crippen LogP) is 1.79. The lowest BCUT2D eigenvalue weighted by molar-refractivity contribution is -0.150. The van der Waals surface area contributed by atoms with Gasteiger partial charge >= 0.3 is 5.97 Å². The third kappa shape index (κ3) is 4.30. The van der Waals surface area contributed by atoms with Crippen molar-refractivity contribution in [2.45, 2.75) is 39.0 Å². The number of carbonyl (C=O) groups excluding carboxylic acids is 2. The van der Waals surface area contributed by atoms with E-state index in [1.54, 1.807) is 4.90 Å². The van der Waals surface area contributed by atoms with Gasteiger partial charge in [0.15, 0.2) is 0 Å². The fourth-order valence-electron chi connectivity index (χ4n) is 3.07. The molecule has 0 saturated carbocycles. The normalized spacial score (nSPS) is 22.8. The van der Waals surface area contributed by atoms with Gasteiger partial charge in [0.2, 0.25) is 5.91 Å². The maximum absolute atomic E-state index is 12.3. The Bertz CT molecular complexity index is 420. The number of ether oxygens (including phenoxy) is 1. The Morgan fingerprint density at radius 2 is 2.24 bits per heavy atom. The number of nitrogens with zero attached hydrogens (tertiary/aromatic N) is 2. The standard InChI is InChI=1S/C16H26N2O3/c1-3-21-16(20)13-7-6-10-18(11-13)12-15(19)17(2)14-8-4-5-9-14/h8,13H,3-7,9-12H2,1-2H3/t13-/m1/s1. The highest BCUT2D eigenvalue weighted by atomic mass is 16.5. The second kappa shape index (κ2) is 7.59. The van der Waals surface area contributed by atoms with E-state index in [9.17, 15) is 9.59 Å². The van der Waals surface area contributed by atoms with Gasteiger partial charge in [-0.15, -0.1) is 0 Å². The van der Waals surface area contributed by atoms with E-state index >= 15 is 0 Å². The lowest BCUT2D eigenvalue weighted by Crippen LogP contribution is -2.44. The molecule has 118 valence electrons. The summed E-state index contributed by atoms with van der Waals surface area (Å²) in [5.74, 6) is -0.0864. The molecule has 1 heterocycles. The van der Waals surface area contributed by atoms with Crippen LogP contribution in [0.3, 0.4) is 0 Å². The van der Waals surface area contributed by atoms with Crippen molar-refractivity contribution in [2.24, 2.45) is 5.92 Å². The summed E-state index contributed by atoms with van der Waals surface area (Å²) in [6.45, 7) is 4.16. The molecule has 0 aromatic rings. The van der Waals surface area contributed by atoms with Gasteiger partial charge in [-0.2, -0.15) is 0 Å². The number of piperidine rings is 1. The maximum Gasteiger partial charge on any atom is 0.310 e. The minimum Gasteiger partial charge on any atom is -0.466 e. The Kier molecular flexibility index (Phi) is 5.79. The quantitative estimate of drug-likeness (QED) is 0.725. The van der Waals surface area contributed by atoms with Crippen LogP contribution in [0.4, 0.5) is 0 Å². The largest absolute Gasteiger partial charge is 0.466 e. The molecule has 1 atom stereocenters. The molecule has 0 aromatic heterocycles. The molecule has 0 bridgehead atoms. The predicted molar refractivity (Wildman–Crippen MR) is 80.5 cm³/mol. The van der Waals surface area contributed by atoms with E-state index in [2.05, 4.69) is 11.0 Å². The first-order chi connectivity index (χ1) is 10.1. The monoisotopic (exact) mass is 294 g/mol. The molecule has 2 rings (SSSR count). The summed E-state index contributed by atoms with van der Waals surface area (Å²) in [5, 5.41) is 0. The Balaban J connectivity index is 1.84. The van der Waals surface area contributed by atoms with Crippen LogP contribution in [0.5, 0.6) is 0 Å². The minimum atomic E-state index is -0.124. The van der Waals surface area contributed by atoms with Crippen molar-refractivity contribution in [1.29, 1.82) is 0 Å². The number of allylic oxidation sites excluding steroid dienone is 2. The van der Waals surface area contributed by atoms with E-state index in [-0.39, 0.29) is 17.8 Å². The molecular weight excluding hydrogens is 268 g/mol. The highest BCUT2D eigenvalue weighted by Crippen LogP contribution is 2.21. The first-order valence-corrected chi connectivity index (χ1v) is 7.96. The van der Waals surface area contributed by atoms with Crippen molar-refractivity contribution in [1.82, 2.24) is 9.80 Å². The zero-order valence-electron chi connectivity index (χ0n) is 13.1. The van der Waals surface area contributed by atoms with Gasteiger partial charge in [-0.25, -0.2) is 0 Å².